The van der Waals surface area contributed by atoms with E-state index in [1.807, 2.05) is 85.0 Å². The largest absolute Gasteiger partial charge is 0.411 e. The number of unbranched alkanes of at least 4 members (excludes halogenated alkanes) is 3. The van der Waals surface area contributed by atoms with Gasteiger partial charge in [-0.25, -0.2) is 14.8 Å². The number of hydrogen-bond donors (Lipinski definition) is 2. The number of hydrogen-bond acceptors (Lipinski definition) is 6. The Morgan fingerprint density at radius 1 is 0.978 bits per heavy atom. The Kier molecular flexibility index (Phi) is 10.1. The Balaban J connectivity index is 1.29. The van der Waals surface area contributed by atoms with Gasteiger partial charge in [0, 0.05) is 54.3 Å². The summed E-state index contributed by atoms with van der Waals surface area (Å²) in [6.07, 6.45) is 9.23. The number of benzene rings is 2. The number of imidazole rings is 1. The van der Waals surface area contributed by atoms with Crippen LogP contribution in [0.3, 0.4) is 0 Å². The molecule has 3 N–H and O–H groups in total. The maximum absolute atomic E-state index is 13.6. The first-order chi connectivity index (χ1) is 22.1. The molecule has 1 aliphatic rings. The highest BCUT2D eigenvalue weighted by atomic mass is 16.6. The molecule has 5 rings (SSSR count). The lowest BCUT2D eigenvalue weighted by atomic mass is 9.86. The van der Waals surface area contributed by atoms with Gasteiger partial charge in [-0.3, -0.25) is 19.5 Å². The SMILES string of the molecule is CC(C)(C)c1cc(-c2cccc(C(=O)Nc3nc(CCCCCCN4CCCC4=O)cn3-c3ccccc3)c2)cnc1OC(N)=O. The molecule has 10 heteroatoms. The predicted octanol–water partition coefficient (Wildman–Crippen LogP) is 6.67. The zero-order chi connectivity index (χ0) is 32.7. The molecule has 0 bridgehead atoms. The summed E-state index contributed by atoms with van der Waals surface area (Å²) in [6.45, 7) is 7.72. The van der Waals surface area contributed by atoms with E-state index < -0.39 is 6.09 Å². The second-order valence-electron chi connectivity index (χ2n) is 12.7. The molecule has 0 atom stereocenters. The maximum atomic E-state index is 13.6. The molecule has 46 heavy (non-hydrogen) atoms. The van der Waals surface area contributed by atoms with Crippen molar-refractivity contribution in [3.05, 3.63) is 89.9 Å². The number of amides is 3. The molecule has 0 radical (unpaired) electrons. The third-order valence-corrected chi connectivity index (χ3v) is 8.11. The quantitative estimate of drug-likeness (QED) is 0.170. The van der Waals surface area contributed by atoms with Crippen molar-refractivity contribution >= 4 is 23.9 Å². The number of ether oxygens (including phenoxy) is 1. The molecule has 0 spiro atoms. The molecule has 10 nitrogen and oxygen atoms in total. The first kappa shape index (κ1) is 32.4. The number of carbonyl (C=O) groups is 3. The van der Waals surface area contributed by atoms with Crippen molar-refractivity contribution in [2.24, 2.45) is 5.73 Å². The van der Waals surface area contributed by atoms with Gasteiger partial charge in [-0.05, 0) is 67.0 Å². The Bertz CT molecular complexity index is 1690. The number of nitrogens with two attached hydrogens (primary N) is 1. The summed E-state index contributed by atoms with van der Waals surface area (Å²) in [5, 5.41) is 3.03. The van der Waals surface area contributed by atoms with Crippen LogP contribution < -0.4 is 15.8 Å². The highest BCUT2D eigenvalue weighted by Gasteiger charge is 2.23. The van der Waals surface area contributed by atoms with Crippen LogP contribution in [-0.4, -0.2) is 50.4 Å². The van der Waals surface area contributed by atoms with E-state index in [0.29, 0.717) is 17.9 Å². The van der Waals surface area contributed by atoms with Gasteiger partial charge < -0.3 is 15.4 Å². The van der Waals surface area contributed by atoms with Crippen molar-refractivity contribution < 1.29 is 19.1 Å². The number of carbonyl (C=O) groups excluding carboxylic acids is 3. The Hall–Kier alpha value is -4.99. The highest BCUT2D eigenvalue weighted by molar-refractivity contribution is 6.04. The van der Waals surface area contributed by atoms with Gasteiger partial charge in [-0.2, -0.15) is 0 Å². The summed E-state index contributed by atoms with van der Waals surface area (Å²) < 4.78 is 7.06. The number of nitrogens with one attached hydrogen (secondary N) is 1. The van der Waals surface area contributed by atoms with Crippen molar-refractivity contribution in [3.63, 3.8) is 0 Å². The summed E-state index contributed by atoms with van der Waals surface area (Å²) in [4.78, 5) is 48.0. The van der Waals surface area contributed by atoms with Gasteiger partial charge in [0.05, 0.1) is 5.69 Å². The molecule has 2 aromatic heterocycles. The zero-order valence-electron chi connectivity index (χ0n) is 26.8. The summed E-state index contributed by atoms with van der Waals surface area (Å²) in [6, 6.07) is 19.0. The van der Waals surface area contributed by atoms with Crippen LogP contribution in [0.4, 0.5) is 10.7 Å². The Morgan fingerprint density at radius 3 is 2.48 bits per heavy atom. The van der Waals surface area contributed by atoms with Gasteiger partial charge in [0.15, 0.2) is 0 Å². The summed E-state index contributed by atoms with van der Waals surface area (Å²) in [5.41, 5.74) is 9.44. The topological polar surface area (TPSA) is 132 Å². The minimum atomic E-state index is -0.923. The first-order valence-electron chi connectivity index (χ1n) is 15.9. The minimum absolute atomic E-state index is 0.166. The number of likely N-dealkylation sites (tertiary alicyclic amines) is 1. The van der Waals surface area contributed by atoms with Crippen LogP contribution in [0.15, 0.2) is 73.1 Å². The maximum Gasteiger partial charge on any atom is 0.411 e. The monoisotopic (exact) mass is 622 g/mol. The standard InChI is InChI=1S/C36H42N6O4/c1-36(2,3)30-22-27(23-38-33(30)46-34(37)45)25-13-11-14-26(21-25)32(44)40-35-39-28(24-42(35)29-16-8-6-9-17-29)15-7-4-5-10-19-41-20-12-18-31(41)43/h6,8-9,11,13-14,16-17,21-24H,4-5,7,10,12,15,18-20H2,1-3H3,(H2,37,45)(H,39,40,44). The van der Waals surface area contributed by atoms with Crippen LogP contribution in [0.25, 0.3) is 16.8 Å². The average Bonchev–Trinajstić information content (AvgIpc) is 3.63. The molecule has 0 aliphatic carbocycles. The molecule has 240 valence electrons. The van der Waals surface area contributed by atoms with Gasteiger partial charge >= 0.3 is 6.09 Å². The van der Waals surface area contributed by atoms with Crippen LogP contribution in [0.1, 0.15) is 80.9 Å². The van der Waals surface area contributed by atoms with E-state index in [2.05, 4.69) is 10.3 Å². The number of pyridine rings is 1. The van der Waals surface area contributed by atoms with Crippen LogP contribution in [0.2, 0.25) is 0 Å². The van der Waals surface area contributed by atoms with Crippen molar-refractivity contribution in [1.82, 2.24) is 19.4 Å². The smallest absolute Gasteiger partial charge is 0.391 e. The van der Waals surface area contributed by atoms with E-state index in [9.17, 15) is 14.4 Å². The number of aryl methyl sites for hydroxylation is 1. The molecule has 3 amide bonds. The van der Waals surface area contributed by atoms with Gasteiger partial charge in [0.25, 0.3) is 5.91 Å². The molecule has 3 heterocycles. The van der Waals surface area contributed by atoms with Gasteiger partial charge in [-0.1, -0.05) is 63.9 Å². The summed E-state index contributed by atoms with van der Waals surface area (Å²) in [7, 11) is 0. The minimum Gasteiger partial charge on any atom is -0.391 e. The van der Waals surface area contributed by atoms with Crippen LogP contribution in [-0.2, 0) is 16.6 Å². The van der Waals surface area contributed by atoms with Gasteiger partial charge in [-0.15, -0.1) is 0 Å². The summed E-state index contributed by atoms with van der Waals surface area (Å²) >= 11 is 0. The van der Waals surface area contributed by atoms with E-state index >= 15 is 0 Å². The lowest BCUT2D eigenvalue weighted by Crippen LogP contribution is -2.25. The van der Waals surface area contributed by atoms with Gasteiger partial charge in [0.2, 0.25) is 17.7 Å². The molecule has 1 saturated heterocycles. The number of para-hydroxylation sites is 1. The lowest BCUT2D eigenvalue weighted by molar-refractivity contribution is -0.127. The lowest BCUT2D eigenvalue weighted by Gasteiger charge is -2.22. The predicted molar refractivity (Wildman–Crippen MR) is 178 cm³/mol. The number of primary amides is 1. The zero-order valence-corrected chi connectivity index (χ0v) is 26.8. The van der Waals surface area contributed by atoms with Crippen LogP contribution >= 0.6 is 0 Å². The second kappa shape index (κ2) is 14.4. The number of rotatable bonds is 12. The Morgan fingerprint density at radius 2 is 1.76 bits per heavy atom. The van der Waals surface area contributed by atoms with E-state index in [0.717, 1.165) is 79.7 Å². The van der Waals surface area contributed by atoms with E-state index in [1.54, 1.807) is 18.3 Å². The second-order valence-corrected chi connectivity index (χ2v) is 12.7. The fourth-order valence-corrected chi connectivity index (χ4v) is 5.66. The number of nitrogens with zero attached hydrogens (tertiary/aromatic N) is 4. The summed E-state index contributed by atoms with van der Waals surface area (Å²) in [5.74, 6) is 0.615. The number of anilines is 1. The van der Waals surface area contributed by atoms with E-state index in [1.165, 1.54) is 0 Å². The van der Waals surface area contributed by atoms with Crippen molar-refractivity contribution in [2.45, 2.75) is 71.1 Å². The normalized spacial score (nSPS) is 13.2. The highest BCUT2D eigenvalue weighted by Crippen LogP contribution is 2.33. The molecular formula is C36H42N6O4. The fraction of sp³-hybridized carbons (Fsp3) is 0.361. The first-order valence-corrected chi connectivity index (χ1v) is 15.9. The van der Waals surface area contributed by atoms with Gasteiger partial charge in [0.1, 0.15) is 0 Å². The number of aromatic nitrogens is 3. The molecule has 2 aromatic carbocycles. The van der Waals surface area contributed by atoms with E-state index in [4.69, 9.17) is 15.5 Å². The fourth-order valence-electron chi connectivity index (χ4n) is 5.66. The third kappa shape index (κ3) is 8.18. The van der Waals surface area contributed by atoms with E-state index in [-0.39, 0.29) is 23.1 Å². The average molecular weight is 623 g/mol. The molecular weight excluding hydrogens is 580 g/mol. The van der Waals surface area contributed by atoms with Crippen molar-refractivity contribution in [1.29, 1.82) is 0 Å². The van der Waals surface area contributed by atoms with Crippen molar-refractivity contribution in [2.75, 3.05) is 18.4 Å². The molecule has 1 aliphatic heterocycles. The third-order valence-electron chi connectivity index (χ3n) is 8.11. The molecule has 0 unspecified atom stereocenters. The van der Waals surface area contributed by atoms with Crippen molar-refractivity contribution in [3.8, 4) is 22.7 Å². The molecule has 4 aromatic rings. The Labute approximate surface area is 270 Å². The van der Waals surface area contributed by atoms with Crippen LogP contribution in [0.5, 0.6) is 5.88 Å². The van der Waals surface area contributed by atoms with Crippen LogP contribution in [0, 0.1) is 0 Å². The molecule has 0 saturated carbocycles. The molecule has 1 fully saturated rings.